The van der Waals surface area contributed by atoms with Gasteiger partial charge in [0.25, 0.3) is 0 Å². The van der Waals surface area contributed by atoms with Gasteiger partial charge in [0.15, 0.2) is 0 Å². The Kier molecular flexibility index (Phi) is 2.82. The Labute approximate surface area is 78.1 Å². The van der Waals surface area contributed by atoms with Gasteiger partial charge in [0, 0.05) is 19.1 Å². The Morgan fingerprint density at radius 1 is 0.846 bits per heavy atom. The number of nitrogens with zero attached hydrogens (tertiary/aromatic N) is 1. The number of halogens is 2. The van der Waals surface area contributed by atoms with Gasteiger partial charge in [-0.2, -0.15) is 0 Å². The van der Waals surface area contributed by atoms with Crippen LogP contribution in [0.1, 0.15) is 32.1 Å². The van der Waals surface area contributed by atoms with Crippen molar-refractivity contribution in [1.29, 1.82) is 0 Å². The molecule has 2 fully saturated rings. The fraction of sp³-hybridized carbons (Fsp3) is 1.00. The third kappa shape index (κ3) is 2.01. The van der Waals surface area contributed by atoms with Gasteiger partial charge in [-0.25, -0.2) is 8.78 Å². The predicted octanol–water partition coefficient (Wildman–Crippen LogP) is 2.31. The summed E-state index contributed by atoms with van der Waals surface area (Å²) >= 11 is 0. The van der Waals surface area contributed by atoms with Crippen LogP contribution in [0.25, 0.3) is 0 Å². The van der Waals surface area contributed by atoms with E-state index < -0.39 is 12.3 Å². The van der Waals surface area contributed by atoms with Crippen molar-refractivity contribution in [2.24, 2.45) is 0 Å². The molecule has 0 amide bonds. The average molecular weight is 189 g/mol. The lowest BCUT2D eigenvalue weighted by molar-refractivity contribution is 0.176. The SMILES string of the molecule is F[C@H]1CN(C2CCCCC2)C[C@@H]1F. The highest BCUT2D eigenvalue weighted by Crippen LogP contribution is 2.27. The lowest BCUT2D eigenvalue weighted by atomic mass is 9.94. The molecule has 1 heterocycles. The summed E-state index contributed by atoms with van der Waals surface area (Å²) in [6, 6.07) is 0.466. The van der Waals surface area contributed by atoms with E-state index in [1.54, 1.807) is 0 Å². The van der Waals surface area contributed by atoms with Crippen molar-refractivity contribution in [3.05, 3.63) is 0 Å². The molecule has 0 aromatic heterocycles. The molecule has 1 saturated carbocycles. The van der Waals surface area contributed by atoms with E-state index in [9.17, 15) is 8.78 Å². The zero-order chi connectivity index (χ0) is 9.26. The van der Waals surface area contributed by atoms with Crippen LogP contribution in [0.2, 0.25) is 0 Å². The van der Waals surface area contributed by atoms with Gasteiger partial charge in [-0.1, -0.05) is 19.3 Å². The Hall–Kier alpha value is -0.180. The van der Waals surface area contributed by atoms with E-state index in [2.05, 4.69) is 0 Å². The Balaban J connectivity index is 1.87. The molecule has 0 N–H and O–H groups in total. The molecule has 1 aliphatic carbocycles. The maximum atomic E-state index is 12.9. The summed E-state index contributed by atoms with van der Waals surface area (Å²) in [4.78, 5) is 2.01. The number of alkyl halides is 2. The Bertz CT molecular complexity index is 158. The Morgan fingerprint density at radius 3 is 1.92 bits per heavy atom. The number of hydrogen-bond acceptors (Lipinski definition) is 1. The maximum absolute atomic E-state index is 12.9. The van der Waals surface area contributed by atoms with E-state index in [-0.39, 0.29) is 0 Å². The number of hydrogen-bond donors (Lipinski definition) is 0. The van der Waals surface area contributed by atoms with Crippen LogP contribution in [0.15, 0.2) is 0 Å². The first-order valence-electron chi connectivity index (χ1n) is 5.29. The molecule has 2 atom stereocenters. The molecule has 0 aromatic rings. The highest BCUT2D eigenvalue weighted by Gasteiger charge is 2.36. The second-order valence-electron chi connectivity index (χ2n) is 4.28. The lowest BCUT2D eigenvalue weighted by Crippen LogP contribution is -2.35. The second-order valence-corrected chi connectivity index (χ2v) is 4.28. The summed E-state index contributed by atoms with van der Waals surface area (Å²) < 4.78 is 25.8. The van der Waals surface area contributed by atoms with Gasteiger partial charge < -0.3 is 0 Å². The van der Waals surface area contributed by atoms with Crippen molar-refractivity contribution in [3.8, 4) is 0 Å². The van der Waals surface area contributed by atoms with E-state index in [4.69, 9.17) is 0 Å². The molecule has 2 aliphatic rings. The third-order valence-corrected chi connectivity index (χ3v) is 3.30. The van der Waals surface area contributed by atoms with Gasteiger partial charge in [0.2, 0.25) is 0 Å². The molecular formula is C10H17F2N. The Morgan fingerprint density at radius 2 is 1.38 bits per heavy atom. The summed E-state index contributed by atoms with van der Waals surface area (Å²) in [7, 11) is 0. The lowest BCUT2D eigenvalue weighted by Gasteiger charge is -2.30. The minimum atomic E-state index is -1.23. The number of rotatable bonds is 1. The maximum Gasteiger partial charge on any atom is 0.145 e. The van der Waals surface area contributed by atoms with Crippen LogP contribution in [-0.4, -0.2) is 36.4 Å². The van der Waals surface area contributed by atoms with Crippen LogP contribution < -0.4 is 0 Å². The quantitative estimate of drug-likeness (QED) is 0.612. The van der Waals surface area contributed by atoms with E-state index in [1.807, 2.05) is 4.90 Å². The summed E-state index contributed by atoms with van der Waals surface area (Å²) in [5.74, 6) is 0. The van der Waals surface area contributed by atoms with Crippen LogP contribution >= 0.6 is 0 Å². The normalized spacial score (nSPS) is 38.3. The van der Waals surface area contributed by atoms with Crippen LogP contribution in [0.3, 0.4) is 0 Å². The molecule has 0 radical (unpaired) electrons. The topological polar surface area (TPSA) is 3.24 Å². The first-order valence-corrected chi connectivity index (χ1v) is 5.29. The first kappa shape index (κ1) is 9.38. The molecule has 3 heteroatoms. The standard InChI is InChI=1S/C10H17F2N/c11-9-6-13(7-10(9)12)8-4-2-1-3-5-8/h8-10H,1-7H2/t9-,10-/m0/s1. The molecule has 0 bridgehead atoms. The molecule has 0 unspecified atom stereocenters. The van der Waals surface area contributed by atoms with Crippen molar-refractivity contribution in [2.75, 3.05) is 13.1 Å². The van der Waals surface area contributed by atoms with Gasteiger partial charge >= 0.3 is 0 Å². The molecular weight excluding hydrogens is 172 g/mol. The molecule has 0 aromatic carbocycles. The predicted molar refractivity (Wildman–Crippen MR) is 48.2 cm³/mol. The van der Waals surface area contributed by atoms with Gasteiger partial charge in [-0.05, 0) is 12.8 Å². The fourth-order valence-corrected chi connectivity index (χ4v) is 2.50. The zero-order valence-corrected chi connectivity index (χ0v) is 7.88. The first-order chi connectivity index (χ1) is 6.27. The van der Waals surface area contributed by atoms with Gasteiger partial charge in [0.05, 0.1) is 0 Å². The van der Waals surface area contributed by atoms with E-state index in [0.717, 1.165) is 12.8 Å². The molecule has 1 saturated heterocycles. The van der Waals surface area contributed by atoms with Crippen molar-refractivity contribution in [3.63, 3.8) is 0 Å². The molecule has 2 rings (SSSR count). The minimum Gasteiger partial charge on any atom is -0.294 e. The molecule has 0 spiro atoms. The van der Waals surface area contributed by atoms with Crippen molar-refractivity contribution in [2.45, 2.75) is 50.5 Å². The van der Waals surface area contributed by atoms with Crippen LogP contribution in [0, 0.1) is 0 Å². The van der Waals surface area contributed by atoms with Crippen LogP contribution in [0.4, 0.5) is 8.78 Å². The molecule has 13 heavy (non-hydrogen) atoms. The second kappa shape index (κ2) is 3.91. The highest BCUT2D eigenvalue weighted by molar-refractivity contribution is 4.88. The van der Waals surface area contributed by atoms with E-state index in [0.29, 0.717) is 19.1 Å². The zero-order valence-electron chi connectivity index (χ0n) is 7.88. The fourth-order valence-electron chi connectivity index (χ4n) is 2.50. The van der Waals surface area contributed by atoms with Crippen molar-refractivity contribution < 1.29 is 8.78 Å². The summed E-state index contributed by atoms with van der Waals surface area (Å²) in [6.45, 7) is 0.650. The average Bonchev–Trinajstić information content (AvgIpc) is 2.49. The monoisotopic (exact) mass is 189 g/mol. The molecule has 1 nitrogen and oxygen atoms in total. The summed E-state index contributed by atoms with van der Waals surface area (Å²) in [5, 5.41) is 0. The van der Waals surface area contributed by atoms with Gasteiger partial charge in [0.1, 0.15) is 12.3 Å². The van der Waals surface area contributed by atoms with E-state index in [1.165, 1.54) is 19.3 Å². The van der Waals surface area contributed by atoms with Gasteiger partial charge in [-0.15, -0.1) is 0 Å². The largest absolute Gasteiger partial charge is 0.294 e. The minimum absolute atomic E-state index is 0.325. The van der Waals surface area contributed by atoms with Crippen LogP contribution in [-0.2, 0) is 0 Å². The van der Waals surface area contributed by atoms with Crippen LogP contribution in [0.5, 0.6) is 0 Å². The molecule has 76 valence electrons. The van der Waals surface area contributed by atoms with Gasteiger partial charge in [-0.3, -0.25) is 4.90 Å². The smallest absolute Gasteiger partial charge is 0.145 e. The highest BCUT2D eigenvalue weighted by atomic mass is 19.2. The van der Waals surface area contributed by atoms with Crippen molar-refractivity contribution in [1.82, 2.24) is 4.90 Å². The molecule has 1 aliphatic heterocycles. The summed E-state index contributed by atoms with van der Waals surface area (Å²) in [6.07, 6.45) is 3.56. The van der Waals surface area contributed by atoms with E-state index >= 15 is 0 Å². The number of likely N-dealkylation sites (tertiary alicyclic amines) is 1. The summed E-state index contributed by atoms with van der Waals surface area (Å²) in [5.41, 5.74) is 0. The van der Waals surface area contributed by atoms with Crippen molar-refractivity contribution >= 4 is 0 Å². The third-order valence-electron chi connectivity index (χ3n) is 3.30.